The molecular formula is C15H33N. The maximum atomic E-state index is 3.28. The van der Waals surface area contributed by atoms with Gasteiger partial charge in [0.2, 0.25) is 0 Å². The van der Waals surface area contributed by atoms with Gasteiger partial charge in [0, 0.05) is 13.1 Å². The highest BCUT2D eigenvalue weighted by molar-refractivity contribution is 5.30. The van der Waals surface area contributed by atoms with Crippen molar-refractivity contribution in [3.05, 3.63) is 23.3 Å². The third-order valence-electron chi connectivity index (χ3n) is 1.62. The Hall–Kier alpha value is -0.560. The van der Waals surface area contributed by atoms with Gasteiger partial charge in [0.15, 0.2) is 0 Å². The van der Waals surface area contributed by atoms with Crippen LogP contribution in [-0.4, -0.2) is 13.1 Å². The van der Waals surface area contributed by atoms with Gasteiger partial charge in [0.05, 0.1) is 0 Å². The molecule has 0 aromatic heterocycles. The Labute approximate surface area is 104 Å². The van der Waals surface area contributed by atoms with E-state index in [0.29, 0.717) is 0 Å². The minimum absolute atomic E-state index is 1.05. The molecule has 1 heterocycles. The average Bonchev–Trinajstić information content (AvgIpc) is 2.72. The highest BCUT2D eigenvalue weighted by Crippen LogP contribution is 2.08. The summed E-state index contributed by atoms with van der Waals surface area (Å²) in [7, 11) is 0. The Kier molecular flexibility index (Phi) is 25.9. The molecule has 0 spiro atoms. The van der Waals surface area contributed by atoms with E-state index in [9.17, 15) is 0 Å². The first-order valence-corrected chi connectivity index (χ1v) is 6.78. The standard InChI is InChI=1S/C8H13N.C3H8.2C2H6/c1-3-4-8-6-9-5-7(8)2;1-3-2;2*1-2/h3-4,9H,5-6H2,1-2H3;3H2,1-2H3;2*1-2H3/b4-3-;;;. The maximum Gasteiger partial charge on any atom is 0.0208 e. The lowest BCUT2D eigenvalue weighted by Gasteiger charge is -1.90. The Balaban J connectivity index is -0.000000206. The number of rotatable bonds is 1. The second-order valence-electron chi connectivity index (χ2n) is 3.12. The second kappa shape index (κ2) is 19.9. The van der Waals surface area contributed by atoms with Crippen LogP contribution in [0.2, 0.25) is 0 Å². The number of nitrogens with one attached hydrogen (secondary N) is 1. The SMILES string of the molecule is C/C=C\C1=C(C)CNC1.CC.CC.CCC. The Morgan fingerprint density at radius 2 is 1.50 bits per heavy atom. The highest BCUT2D eigenvalue weighted by Gasteiger charge is 2.04. The van der Waals surface area contributed by atoms with E-state index in [1.807, 2.05) is 27.7 Å². The molecule has 1 aliphatic heterocycles. The van der Waals surface area contributed by atoms with Gasteiger partial charge in [-0.05, 0) is 19.4 Å². The topological polar surface area (TPSA) is 12.0 Å². The zero-order valence-electron chi connectivity index (χ0n) is 12.8. The molecule has 1 N–H and O–H groups in total. The van der Waals surface area contributed by atoms with Gasteiger partial charge in [-0.3, -0.25) is 0 Å². The Morgan fingerprint density at radius 1 is 1.06 bits per heavy atom. The maximum absolute atomic E-state index is 3.28. The van der Waals surface area contributed by atoms with Crippen LogP contribution in [0.15, 0.2) is 23.3 Å². The van der Waals surface area contributed by atoms with Crippen LogP contribution in [0.3, 0.4) is 0 Å². The fourth-order valence-electron chi connectivity index (χ4n) is 1.05. The van der Waals surface area contributed by atoms with Crippen molar-refractivity contribution in [2.75, 3.05) is 13.1 Å². The fraction of sp³-hybridized carbons (Fsp3) is 0.733. The van der Waals surface area contributed by atoms with Crippen LogP contribution in [0, 0.1) is 0 Å². The summed E-state index contributed by atoms with van der Waals surface area (Å²) in [4.78, 5) is 0. The van der Waals surface area contributed by atoms with Crippen LogP contribution >= 0.6 is 0 Å². The Bertz CT molecular complexity index is 166. The van der Waals surface area contributed by atoms with Crippen molar-refractivity contribution in [2.45, 2.75) is 61.8 Å². The summed E-state index contributed by atoms with van der Waals surface area (Å²) in [6.07, 6.45) is 5.52. The molecule has 1 heteroatoms. The molecule has 16 heavy (non-hydrogen) atoms. The van der Waals surface area contributed by atoms with Crippen molar-refractivity contribution < 1.29 is 0 Å². The summed E-state index contributed by atoms with van der Waals surface area (Å²) in [5.74, 6) is 0. The van der Waals surface area contributed by atoms with E-state index in [4.69, 9.17) is 0 Å². The second-order valence-corrected chi connectivity index (χ2v) is 3.12. The largest absolute Gasteiger partial charge is 0.309 e. The summed E-state index contributed by atoms with van der Waals surface area (Å²) in [6.45, 7) is 18.6. The van der Waals surface area contributed by atoms with Crippen LogP contribution < -0.4 is 5.32 Å². The van der Waals surface area contributed by atoms with Crippen LogP contribution in [0.1, 0.15) is 61.8 Å². The molecule has 0 unspecified atom stereocenters. The van der Waals surface area contributed by atoms with Crippen LogP contribution in [-0.2, 0) is 0 Å². The quantitative estimate of drug-likeness (QED) is 0.668. The van der Waals surface area contributed by atoms with Gasteiger partial charge in [-0.25, -0.2) is 0 Å². The first-order chi connectivity index (χ1) is 7.76. The molecule has 0 saturated carbocycles. The first-order valence-electron chi connectivity index (χ1n) is 6.78. The molecule has 1 rings (SSSR count). The summed E-state index contributed by atoms with van der Waals surface area (Å²) in [5.41, 5.74) is 2.94. The van der Waals surface area contributed by atoms with E-state index in [0.717, 1.165) is 13.1 Å². The number of hydrogen-bond acceptors (Lipinski definition) is 1. The van der Waals surface area contributed by atoms with Gasteiger partial charge in [-0.1, -0.05) is 65.7 Å². The third kappa shape index (κ3) is 13.4. The monoisotopic (exact) mass is 227 g/mol. The molecule has 98 valence electrons. The third-order valence-corrected chi connectivity index (χ3v) is 1.62. The van der Waals surface area contributed by atoms with Crippen molar-refractivity contribution in [3.8, 4) is 0 Å². The molecule has 1 aliphatic rings. The predicted octanol–water partition coefficient (Wildman–Crippen LogP) is 4.95. The molecule has 1 nitrogen and oxygen atoms in total. The predicted molar refractivity (Wildman–Crippen MR) is 79.0 cm³/mol. The minimum Gasteiger partial charge on any atom is -0.309 e. The zero-order chi connectivity index (χ0) is 13.4. The van der Waals surface area contributed by atoms with Crippen molar-refractivity contribution >= 4 is 0 Å². The van der Waals surface area contributed by atoms with Crippen LogP contribution in [0.5, 0.6) is 0 Å². The van der Waals surface area contributed by atoms with Crippen LogP contribution in [0.25, 0.3) is 0 Å². The van der Waals surface area contributed by atoms with Crippen LogP contribution in [0.4, 0.5) is 0 Å². The lowest BCUT2D eigenvalue weighted by molar-refractivity contribution is 0.868. The summed E-state index contributed by atoms with van der Waals surface area (Å²) in [6, 6.07) is 0. The Morgan fingerprint density at radius 3 is 1.75 bits per heavy atom. The zero-order valence-corrected chi connectivity index (χ0v) is 12.8. The fourth-order valence-corrected chi connectivity index (χ4v) is 1.05. The molecule has 0 fully saturated rings. The lowest BCUT2D eigenvalue weighted by Crippen LogP contribution is -2.07. The summed E-state index contributed by atoms with van der Waals surface area (Å²) in [5, 5.41) is 3.28. The molecule has 0 bridgehead atoms. The smallest absolute Gasteiger partial charge is 0.0208 e. The summed E-state index contributed by atoms with van der Waals surface area (Å²) >= 11 is 0. The van der Waals surface area contributed by atoms with Crippen molar-refractivity contribution in [1.29, 1.82) is 0 Å². The van der Waals surface area contributed by atoms with Crippen molar-refractivity contribution in [1.82, 2.24) is 5.32 Å². The molecule has 0 aromatic rings. The minimum atomic E-state index is 1.05. The van der Waals surface area contributed by atoms with Gasteiger partial charge >= 0.3 is 0 Å². The molecule has 0 saturated heterocycles. The van der Waals surface area contributed by atoms with Gasteiger partial charge in [-0.15, -0.1) is 0 Å². The van der Waals surface area contributed by atoms with E-state index in [1.54, 1.807) is 0 Å². The highest BCUT2D eigenvalue weighted by atomic mass is 14.9. The average molecular weight is 227 g/mol. The number of hydrogen-bond donors (Lipinski definition) is 1. The molecule has 0 radical (unpaired) electrons. The normalized spacial score (nSPS) is 13.2. The van der Waals surface area contributed by atoms with Gasteiger partial charge in [0.1, 0.15) is 0 Å². The van der Waals surface area contributed by atoms with E-state index in [-0.39, 0.29) is 0 Å². The molecule has 0 atom stereocenters. The van der Waals surface area contributed by atoms with E-state index >= 15 is 0 Å². The molecule has 0 aromatic carbocycles. The molecular weight excluding hydrogens is 194 g/mol. The van der Waals surface area contributed by atoms with E-state index in [1.165, 1.54) is 17.6 Å². The van der Waals surface area contributed by atoms with Gasteiger partial charge in [-0.2, -0.15) is 0 Å². The van der Waals surface area contributed by atoms with Gasteiger partial charge < -0.3 is 5.32 Å². The lowest BCUT2D eigenvalue weighted by atomic mass is 10.2. The van der Waals surface area contributed by atoms with Gasteiger partial charge in [0.25, 0.3) is 0 Å². The molecule has 0 aliphatic carbocycles. The number of allylic oxidation sites excluding steroid dienone is 1. The van der Waals surface area contributed by atoms with Crippen molar-refractivity contribution in [3.63, 3.8) is 0 Å². The first kappa shape index (κ1) is 20.8. The van der Waals surface area contributed by atoms with Crippen molar-refractivity contribution in [2.24, 2.45) is 0 Å². The van der Waals surface area contributed by atoms with E-state index < -0.39 is 0 Å². The summed E-state index contributed by atoms with van der Waals surface area (Å²) < 4.78 is 0. The molecule has 0 amide bonds. The van der Waals surface area contributed by atoms with E-state index in [2.05, 4.69) is 45.2 Å².